The number of ether oxygens (including phenoxy) is 2. The van der Waals surface area contributed by atoms with E-state index in [-0.39, 0.29) is 12.2 Å². The number of halogens is 10. The molecule has 2 amide bonds. The highest BCUT2D eigenvalue weighted by atomic mass is 35.5. The van der Waals surface area contributed by atoms with Gasteiger partial charge in [-0.25, -0.2) is 4.79 Å². The number of nitrogens with one attached hydrogen (secondary N) is 2. The quantitative estimate of drug-likeness (QED) is 0.174. The van der Waals surface area contributed by atoms with Crippen LogP contribution in [-0.2, 0) is 6.18 Å². The van der Waals surface area contributed by atoms with Crippen molar-refractivity contribution >= 4 is 23.3 Å². The normalized spacial score (nSPS) is 12.3. The lowest BCUT2D eigenvalue weighted by Gasteiger charge is -2.20. The minimum absolute atomic E-state index is 0.120. The summed E-state index contributed by atoms with van der Waals surface area (Å²) in [6.07, 6.45) is -13.3. The number of hydrogen-bond acceptors (Lipinski definition) is 3. The average molecular weight is 629 g/mol. The van der Waals surface area contributed by atoms with Crippen molar-refractivity contribution in [1.82, 2.24) is 5.32 Å². The molecule has 15 heteroatoms. The van der Waals surface area contributed by atoms with Gasteiger partial charge in [0.2, 0.25) is 0 Å². The van der Waals surface area contributed by atoms with Crippen molar-refractivity contribution in [1.29, 1.82) is 0 Å². The van der Waals surface area contributed by atoms with Crippen molar-refractivity contribution in [3.8, 4) is 11.5 Å². The Hall–Kier alpha value is -3.81. The van der Waals surface area contributed by atoms with Crippen LogP contribution in [0.1, 0.15) is 41.9 Å². The van der Waals surface area contributed by atoms with E-state index >= 15 is 0 Å². The molecular formula is C27H22ClF9N2O3. The first-order chi connectivity index (χ1) is 19.5. The minimum Gasteiger partial charge on any atom is -0.406 e. The van der Waals surface area contributed by atoms with Gasteiger partial charge in [0, 0.05) is 18.2 Å². The highest BCUT2D eigenvalue weighted by molar-refractivity contribution is 6.31. The van der Waals surface area contributed by atoms with Gasteiger partial charge in [0.25, 0.3) is 0 Å². The van der Waals surface area contributed by atoms with Gasteiger partial charge < -0.3 is 20.1 Å². The molecule has 3 aromatic rings. The van der Waals surface area contributed by atoms with E-state index in [1.165, 1.54) is 30.3 Å². The SMILES string of the molecule is O=C(NCCCCC(c1ccc(OC(F)(F)F)cc1)c1ccc(OC(F)(F)F)cc1)Nc1ccc(Cl)c(C(F)(F)F)c1. The number of rotatable bonds is 10. The number of carbonyl (C=O) groups excluding carboxylic acids is 1. The molecule has 3 rings (SSSR count). The van der Waals surface area contributed by atoms with E-state index < -0.39 is 52.9 Å². The van der Waals surface area contributed by atoms with Gasteiger partial charge in [-0.2, -0.15) is 13.2 Å². The predicted octanol–water partition coefficient (Wildman–Crippen LogP) is 9.28. The first-order valence-electron chi connectivity index (χ1n) is 12.1. The molecule has 0 heterocycles. The third-order valence-corrected chi connectivity index (χ3v) is 6.10. The Kier molecular flexibility index (Phi) is 10.5. The van der Waals surface area contributed by atoms with Gasteiger partial charge in [0.05, 0.1) is 10.6 Å². The molecule has 0 saturated heterocycles. The van der Waals surface area contributed by atoms with Gasteiger partial charge in [0.1, 0.15) is 11.5 Å². The van der Waals surface area contributed by atoms with Crippen molar-refractivity contribution in [2.24, 2.45) is 0 Å². The van der Waals surface area contributed by atoms with E-state index in [2.05, 4.69) is 20.1 Å². The third-order valence-electron chi connectivity index (χ3n) is 5.77. The fourth-order valence-corrected chi connectivity index (χ4v) is 4.23. The molecule has 0 aliphatic rings. The van der Waals surface area contributed by atoms with E-state index in [0.29, 0.717) is 36.5 Å². The summed E-state index contributed by atoms with van der Waals surface area (Å²) in [6.45, 7) is 0.120. The van der Waals surface area contributed by atoms with Crippen molar-refractivity contribution in [2.75, 3.05) is 11.9 Å². The lowest BCUT2D eigenvalue weighted by Crippen LogP contribution is -2.29. The number of urea groups is 1. The first kappa shape index (κ1) is 32.7. The Morgan fingerprint density at radius 3 is 1.69 bits per heavy atom. The van der Waals surface area contributed by atoms with Gasteiger partial charge in [-0.3, -0.25) is 0 Å². The molecular weight excluding hydrogens is 607 g/mol. The number of amides is 2. The summed E-state index contributed by atoms with van der Waals surface area (Å²) >= 11 is 5.57. The Balaban J connectivity index is 1.62. The molecule has 228 valence electrons. The molecule has 5 nitrogen and oxygen atoms in total. The van der Waals surface area contributed by atoms with E-state index in [1.54, 1.807) is 0 Å². The van der Waals surface area contributed by atoms with Gasteiger partial charge in [0.15, 0.2) is 0 Å². The largest absolute Gasteiger partial charge is 0.573 e. The van der Waals surface area contributed by atoms with Crippen LogP contribution in [0.5, 0.6) is 11.5 Å². The summed E-state index contributed by atoms with van der Waals surface area (Å²) in [6, 6.07) is 12.2. The number of unbranched alkanes of at least 4 members (excludes halogenated alkanes) is 1. The monoisotopic (exact) mass is 628 g/mol. The molecule has 0 radical (unpaired) electrons. The second-order valence-electron chi connectivity index (χ2n) is 8.86. The number of alkyl halides is 9. The Labute approximate surface area is 238 Å². The van der Waals surface area contributed by atoms with Crippen LogP contribution in [0.2, 0.25) is 5.02 Å². The predicted molar refractivity (Wildman–Crippen MR) is 135 cm³/mol. The molecule has 2 N–H and O–H groups in total. The highest BCUT2D eigenvalue weighted by Crippen LogP contribution is 2.36. The first-order valence-corrected chi connectivity index (χ1v) is 12.5. The molecule has 0 fully saturated rings. The summed E-state index contributed by atoms with van der Waals surface area (Å²) < 4.78 is 122. The zero-order valence-corrected chi connectivity index (χ0v) is 22.0. The van der Waals surface area contributed by atoms with Crippen molar-refractivity contribution in [3.63, 3.8) is 0 Å². The van der Waals surface area contributed by atoms with Crippen LogP contribution in [0.15, 0.2) is 66.7 Å². The van der Waals surface area contributed by atoms with Crippen LogP contribution in [0.4, 0.5) is 50.0 Å². The van der Waals surface area contributed by atoms with Crippen LogP contribution < -0.4 is 20.1 Å². The summed E-state index contributed by atoms with van der Waals surface area (Å²) in [5.74, 6) is -1.34. The van der Waals surface area contributed by atoms with Crippen LogP contribution in [0.25, 0.3) is 0 Å². The zero-order valence-electron chi connectivity index (χ0n) is 21.3. The lowest BCUT2D eigenvalue weighted by molar-refractivity contribution is -0.275. The topological polar surface area (TPSA) is 59.6 Å². The van der Waals surface area contributed by atoms with Crippen molar-refractivity contribution in [2.45, 2.75) is 44.1 Å². The molecule has 0 aliphatic carbocycles. The molecule has 0 atom stereocenters. The van der Waals surface area contributed by atoms with Gasteiger partial charge in [-0.1, -0.05) is 42.3 Å². The number of anilines is 1. The summed E-state index contributed by atoms with van der Waals surface area (Å²) in [5.41, 5.74) is -0.116. The fraction of sp³-hybridized carbons (Fsp3) is 0.296. The molecule has 42 heavy (non-hydrogen) atoms. The van der Waals surface area contributed by atoms with Gasteiger partial charge in [-0.05, 0) is 66.4 Å². The molecule has 0 spiro atoms. The second kappa shape index (κ2) is 13.4. The van der Waals surface area contributed by atoms with Gasteiger partial charge in [-0.15, -0.1) is 26.3 Å². The Bertz CT molecular complexity index is 1270. The Morgan fingerprint density at radius 1 is 0.738 bits per heavy atom. The van der Waals surface area contributed by atoms with Crippen LogP contribution in [0, 0.1) is 0 Å². The minimum atomic E-state index is -4.89. The fourth-order valence-electron chi connectivity index (χ4n) is 4.00. The third kappa shape index (κ3) is 10.5. The zero-order chi connectivity index (χ0) is 31.1. The van der Waals surface area contributed by atoms with Crippen molar-refractivity contribution < 1.29 is 53.8 Å². The van der Waals surface area contributed by atoms with E-state index in [9.17, 15) is 44.3 Å². The number of hydrogen-bond donors (Lipinski definition) is 2. The molecule has 0 aromatic heterocycles. The molecule has 0 saturated carbocycles. The maximum atomic E-state index is 13.0. The summed E-state index contributed by atoms with van der Waals surface area (Å²) in [4.78, 5) is 12.1. The molecule has 0 aliphatic heterocycles. The number of benzene rings is 3. The average Bonchev–Trinajstić information content (AvgIpc) is 2.86. The van der Waals surface area contributed by atoms with Crippen molar-refractivity contribution in [3.05, 3.63) is 88.4 Å². The second-order valence-corrected chi connectivity index (χ2v) is 9.26. The summed E-state index contributed by atoms with van der Waals surface area (Å²) in [5, 5.41) is 4.27. The maximum absolute atomic E-state index is 13.0. The number of carbonyl (C=O) groups is 1. The summed E-state index contributed by atoms with van der Waals surface area (Å²) in [7, 11) is 0. The smallest absolute Gasteiger partial charge is 0.406 e. The lowest BCUT2D eigenvalue weighted by atomic mass is 9.87. The van der Waals surface area contributed by atoms with E-state index in [4.69, 9.17) is 11.6 Å². The van der Waals surface area contributed by atoms with Gasteiger partial charge >= 0.3 is 24.9 Å². The van der Waals surface area contributed by atoms with Crippen LogP contribution >= 0.6 is 11.6 Å². The van der Waals surface area contributed by atoms with E-state index in [0.717, 1.165) is 30.3 Å². The standard InChI is InChI=1S/C27H22ClF9N2O3/c28-23-13-8-18(15-22(23)25(29,30)31)39-24(40)38-14-2-1-3-21(16-4-9-19(10-5-16)41-26(32,33)34)17-6-11-20(12-7-17)42-27(35,36)37/h4-13,15,21H,1-3,14H2,(H2,38,39,40). The molecule has 3 aromatic carbocycles. The molecule has 0 bridgehead atoms. The Morgan fingerprint density at radius 2 is 1.24 bits per heavy atom. The van der Waals surface area contributed by atoms with E-state index in [1.807, 2.05) is 0 Å². The van der Waals surface area contributed by atoms with Crippen LogP contribution in [-0.4, -0.2) is 25.3 Å². The molecule has 0 unspecified atom stereocenters. The van der Waals surface area contributed by atoms with Crippen LogP contribution in [0.3, 0.4) is 0 Å². The highest BCUT2D eigenvalue weighted by Gasteiger charge is 2.34. The maximum Gasteiger partial charge on any atom is 0.573 e.